The van der Waals surface area contributed by atoms with Crippen LogP contribution in [0.4, 0.5) is 0 Å². The highest BCUT2D eigenvalue weighted by Gasteiger charge is 2.25. The molecule has 1 aliphatic heterocycles. The van der Waals surface area contributed by atoms with Crippen LogP contribution in [0.3, 0.4) is 0 Å². The van der Waals surface area contributed by atoms with Gasteiger partial charge in [-0.1, -0.05) is 50.6 Å². The Labute approximate surface area is 126 Å². The predicted octanol–water partition coefficient (Wildman–Crippen LogP) is 3.69. The van der Waals surface area contributed by atoms with Crippen LogP contribution in [0.15, 0.2) is 29.3 Å². The average Bonchev–Trinajstić information content (AvgIpc) is 2.96. The second-order valence-corrected chi connectivity index (χ2v) is 6.31. The molecule has 1 aliphatic rings. The molecule has 0 aliphatic carbocycles. The van der Waals surface area contributed by atoms with E-state index in [1.807, 2.05) is 23.9 Å². The largest absolute Gasteiger partial charge is 0.497 e. The highest BCUT2D eigenvalue weighted by atomic mass is 32.2. The third-order valence-corrected chi connectivity index (χ3v) is 5.19. The van der Waals surface area contributed by atoms with E-state index in [0.717, 1.165) is 29.9 Å². The van der Waals surface area contributed by atoms with E-state index in [4.69, 9.17) is 4.74 Å². The number of ether oxygens (including phenoxy) is 1. The highest BCUT2D eigenvalue weighted by molar-refractivity contribution is 8.14. The fourth-order valence-corrected chi connectivity index (χ4v) is 3.79. The summed E-state index contributed by atoms with van der Waals surface area (Å²) in [6.07, 6.45) is 2.49. The van der Waals surface area contributed by atoms with E-state index in [9.17, 15) is 0 Å². The summed E-state index contributed by atoms with van der Waals surface area (Å²) in [5.74, 6) is 1.68. The molecular formula is C16H24N2OS. The lowest BCUT2D eigenvalue weighted by Crippen LogP contribution is -2.21. The van der Waals surface area contributed by atoms with Gasteiger partial charge in [0.25, 0.3) is 0 Å². The topological polar surface area (TPSA) is 33.6 Å². The van der Waals surface area contributed by atoms with Crippen molar-refractivity contribution in [3.8, 4) is 5.75 Å². The summed E-state index contributed by atoms with van der Waals surface area (Å²) in [6.45, 7) is 6.34. The Balaban J connectivity index is 1.80. The number of nitrogens with zero attached hydrogens (tertiary/aromatic N) is 1. The van der Waals surface area contributed by atoms with Crippen LogP contribution in [0, 0.1) is 5.92 Å². The average molecular weight is 292 g/mol. The number of methoxy groups -OCH3 is 1. The van der Waals surface area contributed by atoms with Gasteiger partial charge in [-0.2, -0.15) is 0 Å². The summed E-state index contributed by atoms with van der Waals surface area (Å²) in [5, 5.41) is 5.19. The summed E-state index contributed by atoms with van der Waals surface area (Å²) in [6, 6.07) is 8.16. The Morgan fingerprint density at radius 1 is 1.30 bits per heavy atom. The number of hydrogen-bond donors (Lipinski definition) is 1. The molecule has 0 bridgehead atoms. The summed E-state index contributed by atoms with van der Waals surface area (Å²) in [7, 11) is 1.69. The molecule has 0 radical (unpaired) electrons. The third kappa shape index (κ3) is 3.92. The van der Waals surface area contributed by atoms with Crippen LogP contribution in [0.1, 0.15) is 32.3 Å². The van der Waals surface area contributed by atoms with Gasteiger partial charge in [0.1, 0.15) is 5.75 Å². The molecule has 1 aromatic rings. The molecule has 0 saturated carbocycles. The van der Waals surface area contributed by atoms with Gasteiger partial charge in [-0.15, -0.1) is 0 Å². The van der Waals surface area contributed by atoms with Crippen molar-refractivity contribution in [3.05, 3.63) is 29.8 Å². The lowest BCUT2D eigenvalue weighted by molar-refractivity contribution is 0.414. The van der Waals surface area contributed by atoms with Crippen molar-refractivity contribution >= 4 is 16.9 Å². The monoisotopic (exact) mass is 292 g/mol. The van der Waals surface area contributed by atoms with Crippen molar-refractivity contribution in [2.45, 2.75) is 38.5 Å². The van der Waals surface area contributed by atoms with Crippen LogP contribution in [0.5, 0.6) is 5.75 Å². The van der Waals surface area contributed by atoms with E-state index in [1.165, 1.54) is 18.4 Å². The van der Waals surface area contributed by atoms with Crippen LogP contribution in [0.25, 0.3) is 0 Å². The van der Waals surface area contributed by atoms with Crippen molar-refractivity contribution in [3.63, 3.8) is 0 Å². The minimum atomic E-state index is 0.656. The molecule has 0 aromatic heterocycles. The summed E-state index contributed by atoms with van der Waals surface area (Å²) in [4.78, 5) is 4.63. The first-order chi connectivity index (χ1) is 9.76. The van der Waals surface area contributed by atoms with Crippen molar-refractivity contribution in [1.29, 1.82) is 0 Å². The van der Waals surface area contributed by atoms with E-state index >= 15 is 0 Å². The summed E-state index contributed by atoms with van der Waals surface area (Å²) in [5.41, 5.74) is 1.25. The Hall–Kier alpha value is -1.16. The quantitative estimate of drug-likeness (QED) is 0.868. The Bertz CT molecular complexity index is 440. The van der Waals surface area contributed by atoms with Gasteiger partial charge in [0.2, 0.25) is 0 Å². The standard InChI is InChI=1S/C16H24N2OS/c1-4-13(5-2)15-11-18-16(20-15)17-10-12-6-8-14(19-3)9-7-12/h6-9,13,15H,4-5,10-11H2,1-3H3,(H,17,18). The predicted molar refractivity (Wildman–Crippen MR) is 87.6 cm³/mol. The zero-order valence-corrected chi connectivity index (χ0v) is 13.4. The lowest BCUT2D eigenvalue weighted by atomic mass is 9.99. The molecule has 1 heterocycles. The Morgan fingerprint density at radius 3 is 2.60 bits per heavy atom. The highest BCUT2D eigenvalue weighted by Crippen LogP contribution is 2.30. The molecule has 1 aromatic carbocycles. The van der Waals surface area contributed by atoms with Gasteiger partial charge in [-0.3, -0.25) is 4.99 Å². The van der Waals surface area contributed by atoms with Crippen LogP contribution in [-0.4, -0.2) is 24.1 Å². The number of benzene rings is 1. The van der Waals surface area contributed by atoms with Gasteiger partial charge >= 0.3 is 0 Å². The fraction of sp³-hybridized carbons (Fsp3) is 0.562. The van der Waals surface area contributed by atoms with Gasteiger partial charge in [-0.05, 0) is 23.6 Å². The fourth-order valence-electron chi connectivity index (χ4n) is 2.47. The second kappa shape index (κ2) is 7.58. The molecule has 0 amide bonds. The van der Waals surface area contributed by atoms with Gasteiger partial charge in [0.05, 0.1) is 13.7 Å². The molecular weight excluding hydrogens is 268 g/mol. The first-order valence-electron chi connectivity index (χ1n) is 7.34. The summed E-state index contributed by atoms with van der Waals surface area (Å²) < 4.78 is 5.16. The van der Waals surface area contributed by atoms with Crippen molar-refractivity contribution in [2.24, 2.45) is 10.9 Å². The first kappa shape index (κ1) is 15.2. The van der Waals surface area contributed by atoms with Crippen molar-refractivity contribution in [2.75, 3.05) is 13.7 Å². The maximum Gasteiger partial charge on any atom is 0.157 e. The molecule has 2 rings (SSSR count). The van der Waals surface area contributed by atoms with Crippen LogP contribution in [0.2, 0.25) is 0 Å². The van der Waals surface area contributed by atoms with E-state index in [1.54, 1.807) is 7.11 Å². The number of hydrogen-bond acceptors (Lipinski definition) is 4. The van der Waals surface area contributed by atoms with Gasteiger partial charge in [0, 0.05) is 11.8 Å². The first-order valence-corrected chi connectivity index (χ1v) is 8.22. The molecule has 1 atom stereocenters. The summed E-state index contributed by atoms with van der Waals surface area (Å²) >= 11 is 1.91. The SMILES string of the molecule is CCC(CC)C1CN=C(NCc2ccc(OC)cc2)S1. The normalized spacial score (nSPS) is 18.2. The molecule has 110 valence electrons. The Kier molecular flexibility index (Phi) is 5.77. The van der Waals surface area contributed by atoms with Gasteiger partial charge in [0.15, 0.2) is 5.17 Å². The number of thioether (sulfide) groups is 1. The molecule has 0 saturated heterocycles. The van der Waals surface area contributed by atoms with Crippen molar-refractivity contribution < 1.29 is 4.74 Å². The van der Waals surface area contributed by atoms with Gasteiger partial charge in [-0.25, -0.2) is 0 Å². The molecule has 0 spiro atoms. The zero-order chi connectivity index (χ0) is 14.4. The number of amidine groups is 1. The maximum atomic E-state index is 5.16. The third-order valence-electron chi connectivity index (χ3n) is 3.86. The van der Waals surface area contributed by atoms with E-state index < -0.39 is 0 Å². The minimum Gasteiger partial charge on any atom is -0.497 e. The van der Waals surface area contributed by atoms with E-state index in [-0.39, 0.29) is 0 Å². The van der Waals surface area contributed by atoms with Crippen LogP contribution >= 0.6 is 11.8 Å². The zero-order valence-electron chi connectivity index (χ0n) is 12.6. The molecule has 3 nitrogen and oxygen atoms in total. The number of aliphatic imine (C=N–C) groups is 1. The van der Waals surface area contributed by atoms with Crippen molar-refractivity contribution in [1.82, 2.24) is 5.32 Å². The second-order valence-electron chi connectivity index (χ2n) is 5.08. The number of rotatable bonds is 6. The minimum absolute atomic E-state index is 0.656. The van der Waals surface area contributed by atoms with Crippen LogP contribution in [-0.2, 0) is 6.54 Å². The van der Waals surface area contributed by atoms with Gasteiger partial charge < -0.3 is 10.1 Å². The van der Waals surface area contributed by atoms with Crippen LogP contribution < -0.4 is 10.1 Å². The molecule has 4 heteroatoms. The molecule has 0 fully saturated rings. The molecule has 1 unspecified atom stereocenters. The van der Waals surface area contributed by atoms with E-state index in [2.05, 4.69) is 36.3 Å². The molecule has 1 N–H and O–H groups in total. The lowest BCUT2D eigenvalue weighted by Gasteiger charge is -2.18. The molecule has 20 heavy (non-hydrogen) atoms. The maximum absolute atomic E-state index is 5.16. The Morgan fingerprint density at radius 2 is 2.00 bits per heavy atom. The number of nitrogens with one attached hydrogen (secondary N) is 1. The smallest absolute Gasteiger partial charge is 0.157 e. The van der Waals surface area contributed by atoms with E-state index in [0.29, 0.717) is 5.25 Å².